The maximum Gasteiger partial charge on any atom is 0.261 e. The van der Waals surface area contributed by atoms with E-state index in [0.29, 0.717) is 27.8 Å². The molecule has 2 atom stereocenters. The summed E-state index contributed by atoms with van der Waals surface area (Å²) in [7, 11) is 0. The molecule has 0 radical (unpaired) electrons. The standard InChI is InChI=1S/C25H31BrCl2N2O3/c1-5-16(4)29-25(32)22(7-3)30(14-18-9-10-19(27)13-21(18)28)24(31)15-33-23-11-8-17(6-2)12-20(23)26/h8-13,16,22H,5-7,14-15H2,1-4H3,(H,29,32)/t16-,22-/m1/s1. The van der Waals surface area contributed by atoms with Crippen molar-refractivity contribution in [1.82, 2.24) is 10.2 Å². The number of aryl methyl sites for hydroxylation is 1. The van der Waals surface area contributed by atoms with Gasteiger partial charge in [0.15, 0.2) is 6.61 Å². The first-order chi connectivity index (χ1) is 15.7. The van der Waals surface area contributed by atoms with Gasteiger partial charge < -0.3 is 15.0 Å². The van der Waals surface area contributed by atoms with E-state index >= 15 is 0 Å². The summed E-state index contributed by atoms with van der Waals surface area (Å²) in [5, 5.41) is 3.93. The van der Waals surface area contributed by atoms with Crippen LogP contribution in [0.3, 0.4) is 0 Å². The third-order valence-corrected chi connectivity index (χ3v) is 6.71. The van der Waals surface area contributed by atoms with Gasteiger partial charge in [-0.15, -0.1) is 0 Å². The number of hydrogen-bond acceptors (Lipinski definition) is 3. The molecule has 0 bridgehead atoms. The minimum atomic E-state index is -0.659. The van der Waals surface area contributed by atoms with Gasteiger partial charge in [0, 0.05) is 22.6 Å². The monoisotopic (exact) mass is 556 g/mol. The molecule has 0 unspecified atom stereocenters. The Morgan fingerprint density at radius 1 is 1.09 bits per heavy atom. The Kier molecular flexibility index (Phi) is 11.0. The van der Waals surface area contributed by atoms with E-state index in [1.54, 1.807) is 18.2 Å². The number of carbonyl (C=O) groups excluding carboxylic acids is 2. The Bertz CT molecular complexity index is 971. The van der Waals surface area contributed by atoms with Crippen molar-refractivity contribution in [3.63, 3.8) is 0 Å². The van der Waals surface area contributed by atoms with Gasteiger partial charge in [0.2, 0.25) is 5.91 Å². The Balaban J connectivity index is 2.27. The first-order valence-electron chi connectivity index (χ1n) is 11.1. The fourth-order valence-corrected chi connectivity index (χ4v) is 4.31. The first kappa shape index (κ1) is 27.5. The third kappa shape index (κ3) is 7.90. The summed E-state index contributed by atoms with van der Waals surface area (Å²) in [5.41, 5.74) is 1.87. The zero-order chi connectivity index (χ0) is 24.5. The minimum absolute atomic E-state index is 0.00640. The van der Waals surface area contributed by atoms with E-state index < -0.39 is 6.04 Å². The van der Waals surface area contributed by atoms with Crippen LogP contribution in [0.15, 0.2) is 40.9 Å². The molecule has 0 saturated carbocycles. The number of nitrogens with zero attached hydrogens (tertiary/aromatic N) is 1. The van der Waals surface area contributed by atoms with Crippen LogP contribution in [-0.4, -0.2) is 35.4 Å². The van der Waals surface area contributed by atoms with E-state index in [9.17, 15) is 9.59 Å². The van der Waals surface area contributed by atoms with Crippen molar-refractivity contribution in [2.75, 3.05) is 6.61 Å². The van der Waals surface area contributed by atoms with Gasteiger partial charge in [0.1, 0.15) is 11.8 Å². The highest BCUT2D eigenvalue weighted by Gasteiger charge is 2.30. The largest absolute Gasteiger partial charge is 0.483 e. The molecule has 0 aliphatic rings. The Labute approximate surface area is 214 Å². The molecule has 0 aromatic heterocycles. The molecule has 0 aliphatic carbocycles. The number of hydrogen-bond donors (Lipinski definition) is 1. The normalized spacial score (nSPS) is 12.7. The van der Waals surface area contributed by atoms with E-state index in [0.717, 1.165) is 22.9 Å². The fraction of sp³-hybridized carbons (Fsp3) is 0.440. The van der Waals surface area contributed by atoms with E-state index in [4.69, 9.17) is 27.9 Å². The number of benzene rings is 2. The topological polar surface area (TPSA) is 58.6 Å². The van der Waals surface area contributed by atoms with Gasteiger partial charge in [0.05, 0.1) is 4.47 Å². The second-order valence-electron chi connectivity index (χ2n) is 7.91. The van der Waals surface area contributed by atoms with Crippen LogP contribution in [0.4, 0.5) is 0 Å². The average molecular weight is 558 g/mol. The van der Waals surface area contributed by atoms with Crippen molar-refractivity contribution in [2.24, 2.45) is 0 Å². The molecule has 0 heterocycles. The van der Waals surface area contributed by atoms with E-state index in [1.807, 2.05) is 39.0 Å². The smallest absolute Gasteiger partial charge is 0.261 e. The van der Waals surface area contributed by atoms with Crippen LogP contribution < -0.4 is 10.1 Å². The van der Waals surface area contributed by atoms with Crippen molar-refractivity contribution in [1.29, 1.82) is 0 Å². The minimum Gasteiger partial charge on any atom is -0.483 e. The van der Waals surface area contributed by atoms with Crippen molar-refractivity contribution < 1.29 is 14.3 Å². The first-order valence-corrected chi connectivity index (χ1v) is 12.7. The predicted molar refractivity (Wildman–Crippen MR) is 138 cm³/mol. The molecule has 2 amide bonds. The molecule has 33 heavy (non-hydrogen) atoms. The number of carbonyl (C=O) groups is 2. The van der Waals surface area contributed by atoms with Crippen LogP contribution in [0.25, 0.3) is 0 Å². The summed E-state index contributed by atoms with van der Waals surface area (Å²) in [5.74, 6) is 0.0690. The van der Waals surface area contributed by atoms with Gasteiger partial charge in [0.25, 0.3) is 5.91 Å². The van der Waals surface area contributed by atoms with E-state index in [2.05, 4.69) is 28.2 Å². The van der Waals surface area contributed by atoms with Crippen molar-refractivity contribution in [3.8, 4) is 5.75 Å². The van der Waals surface area contributed by atoms with Gasteiger partial charge in [-0.05, 0) is 77.5 Å². The highest BCUT2D eigenvalue weighted by molar-refractivity contribution is 9.10. The van der Waals surface area contributed by atoms with Crippen molar-refractivity contribution in [3.05, 3.63) is 62.0 Å². The van der Waals surface area contributed by atoms with Crippen LogP contribution >= 0.6 is 39.1 Å². The zero-order valence-electron chi connectivity index (χ0n) is 19.5. The molecule has 2 rings (SSSR count). The van der Waals surface area contributed by atoms with Gasteiger partial charge >= 0.3 is 0 Å². The average Bonchev–Trinajstić information content (AvgIpc) is 2.79. The lowest BCUT2D eigenvalue weighted by molar-refractivity contribution is -0.143. The maximum atomic E-state index is 13.3. The van der Waals surface area contributed by atoms with Crippen LogP contribution in [-0.2, 0) is 22.6 Å². The molecule has 2 aromatic rings. The van der Waals surface area contributed by atoms with Crippen molar-refractivity contribution >= 4 is 50.9 Å². The summed E-state index contributed by atoms with van der Waals surface area (Å²) in [6.07, 6.45) is 2.15. The highest BCUT2D eigenvalue weighted by atomic mass is 79.9. The number of halogens is 3. The predicted octanol–water partition coefficient (Wildman–Crippen LogP) is 6.42. The highest BCUT2D eigenvalue weighted by Crippen LogP contribution is 2.27. The Morgan fingerprint density at radius 2 is 1.82 bits per heavy atom. The summed E-state index contributed by atoms with van der Waals surface area (Å²) < 4.78 is 6.60. The van der Waals surface area contributed by atoms with Crippen LogP contribution in [0.2, 0.25) is 10.0 Å². The molecule has 0 aliphatic heterocycles. The molecular weight excluding hydrogens is 527 g/mol. The van der Waals surface area contributed by atoms with Gasteiger partial charge in [-0.2, -0.15) is 0 Å². The number of nitrogens with one attached hydrogen (secondary N) is 1. The molecule has 0 spiro atoms. The zero-order valence-corrected chi connectivity index (χ0v) is 22.6. The lowest BCUT2D eigenvalue weighted by Gasteiger charge is -2.31. The Hall–Kier alpha value is -1.76. The molecule has 0 fully saturated rings. The Morgan fingerprint density at radius 3 is 2.39 bits per heavy atom. The van der Waals surface area contributed by atoms with E-state index in [-0.39, 0.29) is 31.0 Å². The molecule has 0 saturated heterocycles. The SMILES string of the molecule is CCc1ccc(OCC(=O)N(Cc2ccc(Cl)cc2Cl)[C@H](CC)C(=O)N[C@H](C)CC)c(Br)c1. The van der Waals surface area contributed by atoms with Crippen LogP contribution in [0.1, 0.15) is 51.7 Å². The van der Waals surface area contributed by atoms with Gasteiger partial charge in [-0.25, -0.2) is 0 Å². The molecule has 5 nitrogen and oxygen atoms in total. The van der Waals surface area contributed by atoms with Crippen molar-refractivity contribution in [2.45, 2.75) is 65.6 Å². The lowest BCUT2D eigenvalue weighted by Crippen LogP contribution is -2.51. The number of ether oxygens (including phenoxy) is 1. The molecule has 8 heteroatoms. The number of amides is 2. The molecule has 180 valence electrons. The number of rotatable bonds is 11. The second kappa shape index (κ2) is 13.2. The fourth-order valence-electron chi connectivity index (χ4n) is 3.30. The van der Waals surface area contributed by atoms with Gasteiger partial charge in [-0.3, -0.25) is 9.59 Å². The second-order valence-corrected chi connectivity index (χ2v) is 9.60. The molecular formula is C25H31BrCl2N2O3. The summed E-state index contributed by atoms with van der Waals surface area (Å²) in [6, 6.07) is 10.2. The quantitative estimate of drug-likeness (QED) is 0.347. The van der Waals surface area contributed by atoms with Crippen LogP contribution in [0.5, 0.6) is 5.75 Å². The maximum absolute atomic E-state index is 13.3. The summed E-state index contributed by atoms with van der Waals surface area (Å²) >= 11 is 15.9. The van der Waals surface area contributed by atoms with Gasteiger partial charge in [-0.1, -0.05) is 56.1 Å². The van der Waals surface area contributed by atoms with Crippen LogP contribution in [0, 0.1) is 0 Å². The van der Waals surface area contributed by atoms with E-state index in [1.165, 1.54) is 4.90 Å². The lowest BCUT2D eigenvalue weighted by atomic mass is 10.1. The third-order valence-electron chi connectivity index (χ3n) is 5.50. The summed E-state index contributed by atoms with van der Waals surface area (Å²) in [4.78, 5) is 27.9. The summed E-state index contributed by atoms with van der Waals surface area (Å²) in [6.45, 7) is 7.85. The molecule has 2 aromatic carbocycles. The molecule has 1 N–H and O–H groups in total.